The zero-order valence-electron chi connectivity index (χ0n) is 16.3. The Morgan fingerprint density at radius 3 is 2.44 bits per heavy atom. The van der Waals surface area contributed by atoms with Gasteiger partial charge in [0, 0.05) is 43.8 Å². The summed E-state index contributed by atoms with van der Waals surface area (Å²) in [6, 6.07) is 15.1. The third kappa shape index (κ3) is 4.59. The Labute approximate surface area is 161 Å². The van der Waals surface area contributed by atoms with Crippen molar-refractivity contribution < 1.29 is 9.18 Å². The van der Waals surface area contributed by atoms with Crippen molar-refractivity contribution in [2.24, 2.45) is 0 Å². The van der Waals surface area contributed by atoms with Gasteiger partial charge in [-0.1, -0.05) is 44.2 Å². The molecular formula is C22H28FN3O. The predicted octanol–water partition coefficient (Wildman–Crippen LogP) is 3.94. The lowest BCUT2D eigenvalue weighted by molar-refractivity contribution is 0.192. The molecule has 1 fully saturated rings. The van der Waals surface area contributed by atoms with E-state index in [1.54, 1.807) is 12.1 Å². The number of urea groups is 1. The molecule has 3 rings (SSSR count). The van der Waals surface area contributed by atoms with Crippen LogP contribution in [0.15, 0.2) is 48.5 Å². The molecule has 1 heterocycles. The zero-order valence-corrected chi connectivity index (χ0v) is 16.3. The number of amides is 2. The van der Waals surface area contributed by atoms with Crippen molar-refractivity contribution in [2.75, 3.05) is 37.6 Å². The van der Waals surface area contributed by atoms with Crippen molar-refractivity contribution in [3.8, 4) is 0 Å². The van der Waals surface area contributed by atoms with Gasteiger partial charge in [0.15, 0.2) is 0 Å². The Balaban J connectivity index is 1.53. The van der Waals surface area contributed by atoms with Crippen molar-refractivity contribution in [1.82, 2.24) is 10.2 Å². The second kappa shape index (κ2) is 7.99. The van der Waals surface area contributed by atoms with Gasteiger partial charge in [-0.15, -0.1) is 0 Å². The first-order valence-corrected chi connectivity index (χ1v) is 9.46. The van der Waals surface area contributed by atoms with Gasteiger partial charge in [-0.25, -0.2) is 9.18 Å². The number of anilines is 1. The van der Waals surface area contributed by atoms with E-state index in [2.05, 4.69) is 41.4 Å². The maximum atomic E-state index is 14.1. The highest BCUT2D eigenvalue weighted by molar-refractivity contribution is 5.74. The van der Waals surface area contributed by atoms with Gasteiger partial charge in [0.25, 0.3) is 0 Å². The van der Waals surface area contributed by atoms with E-state index in [0.717, 1.165) is 13.1 Å². The lowest BCUT2D eigenvalue weighted by Gasteiger charge is -2.37. The molecule has 0 atom stereocenters. The van der Waals surface area contributed by atoms with E-state index in [9.17, 15) is 9.18 Å². The van der Waals surface area contributed by atoms with Crippen LogP contribution in [-0.4, -0.2) is 43.7 Å². The molecule has 0 unspecified atom stereocenters. The van der Waals surface area contributed by atoms with Crippen molar-refractivity contribution in [2.45, 2.75) is 26.2 Å². The van der Waals surface area contributed by atoms with E-state index >= 15 is 0 Å². The van der Waals surface area contributed by atoms with Crippen LogP contribution in [0.3, 0.4) is 0 Å². The number of rotatable bonds is 4. The fourth-order valence-electron chi connectivity index (χ4n) is 3.51. The Morgan fingerprint density at radius 2 is 1.78 bits per heavy atom. The molecule has 2 aromatic carbocycles. The first-order valence-electron chi connectivity index (χ1n) is 9.46. The maximum absolute atomic E-state index is 14.1. The summed E-state index contributed by atoms with van der Waals surface area (Å²) >= 11 is 0. The fraction of sp³-hybridized carbons (Fsp3) is 0.409. The molecule has 1 N–H and O–H groups in total. The molecule has 2 aromatic rings. The second-order valence-corrected chi connectivity index (χ2v) is 7.84. The van der Waals surface area contributed by atoms with Gasteiger partial charge in [0.1, 0.15) is 5.82 Å². The number of halogens is 1. The minimum atomic E-state index is -0.468. The Bertz CT molecular complexity index is 798. The number of benzene rings is 2. The average Bonchev–Trinajstić information content (AvgIpc) is 2.66. The molecule has 0 aromatic heterocycles. The quantitative estimate of drug-likeness (QED) is 0.886. The van der Waals surface area contributed by atoms with Crippen LogP contribution < -0.4 is 10.2 Å². The molecule has 1 aliphatic rings. The van der Waals surface area contributed by atoms with Crippen LogP contribution >= 0.6 is 0 Å². The Morgan fingerprint density at radius 1 is 1.07 bits per heavy atom. The standard InChI is InChI=1S/C22H28FN3O/c1-17-7-6-8-18(15-17)25-11-13-26(14-12-25)21(27)24-16-22(2,3)19-9-4-5-10-20(19)23/h4-10,15H,11-14,16H2,1-3H3,(H,24,27). The molecule has 1 aliphatic heterocycles. The highest BCUT2D eigenvalue weighted by Crippen LogP contribution is 2.25. The number of hydrogen-bond donors (Lipinski definition) is 1. The van der Waals surface area contributed by atoms with Gasteiger partial charge in [-0.05, 0) is 36.2 Å². The summed E-state index contributed by atoms with van der Waals surface area (Å²) in [7, 11) is 0. The van der Waals surface area contributed by atoms with Crippen molar-refractivity contribution in [1.29, 1.82) is 0 Å². The smallest absolute Gasteiger partial charge is 0.317 e. The number of nitrogens with one attached hydrogen (secondary N) is 1. The van der Waals surface area contributed by atoms with Crippen LogP contribution in [0.4, 0.5) is 14.9 Å². The van der Waals surface area contributed by atoms with Crippen LogP contribution in [0.5, 0.6) is 0 Å². The molecular weight excluding hydrogens is 341 g/mol. The summed E-state index contributed by atoms with van der Waals surface area (Å²) in [5, 5.41) is 2.98. The highest BCUT2D eigenvalue weighted by Gasteiger charge is 2.27. The summed E-state index contributed by atoms with van der Waals surface area (Å²) in [5.41, 5.74) is 2.60. The summed E-state index contributed by atoms with van der Waals surface area (Å²) in [4.78, 5) is 16.7. The van der Waals surface area contributed by atoms with Gasteiger partial charge in [0.2, 0.25) is 0 Å². The fourth-order valence-corrected chi connectivity index (χ4v) is 3.51. The molecule has 1 saturated heterocycles. The van der Waals surface area contributed by atoms with Crippen molar-refractivity contribution in [3.05, 3.63) is 65.5 Å². The number of aryl methyl sites for hydroxylation is 1. The molecule has 5 heteroatoms. The maximum Gasteiger partial charge on any atom is 0.317 e. The van der Waals surface area contributed by atoms with E-state index in [-0.39, 0.29) is 11.8 Å². The Hall–Kier alpha value is -2.56. The minimum absolute atomic E-state index is 0.0803. The normalized spacial score (nSPS) is 15.0. The molecule has 0 aliphatic carbocycles. The van der Waals surface area contributed by atoms with E-state index in [0.29, 0.717) is 25.2 Å². The third-order valence-corrected chi connectivity index (χ3v) is 5.22. The summed E-state index contributed by atoms with van der Waals surface area (Å²) in [6.07, 6.45) is 0. The topological polar surface area (TPSA) is 35.6 Å². The van der Waals surface area contributed by atoms with Gasteiger partial charge in [-0.3, -0.25) is 0 Å². The molecule has 0 bridgehead atoms. The number of hydrogen-bond acceptors (Lipinski definition) is 2. The van der Waals surface area contributed by atoms with Crippen LogP contribution in [-0.2, 0) is 5.41 Å². The first kappa shape index (κ1) is 19.2. The number of piperazine rings is 1. The number of nitrogens with zero attached hydrogens (tertiary/aromatic N) is 2. The molecule has 4 nitrogen and oxygen atoms in total. The molecule has 0 saturated carbocycles. The van der Waals surface area contributed by atoms with E-state index in [1.165, 1.54) is 17.3 Å². The molecule has 27 heavy (non-hydrogen) atoms. The molecule has 0 spiro atoms. The van der Waals surface area contributed by atoms with E-state index < -0.39 is 5.41 Å². The minimum Gasteiger partial charge on any atom is -0.368 e. The van der Waals surface area contributed by atoms with Crippen LogP contribution in [0.2, 0.25) is 0 Å². The van der Waals surface area contributed by atoms with Crippen molar-refractivity contribution in [3.63, 3.8) is 0 Å². The molecule has 2 amide bonds. The van der Waals surface area contributed by atoms with Crippen molar-refractivity contribution >= 4 is 11.7 Å². The van der Waals surface area contributed by atoms with Gasteiger partial charge in [-0.2, -0.15) is 0 Å². The number of carbonyl (C=O) groups is 1. The number of carbonyl (C=O) groups excluding carboxylic acids is 1. The van der Waals surface area contributed by atoms with Crippen LogP contribution in [0.1, 0.15) is 25.0 Å². The van der Waals surface area contributed by atoms with Gasteiger partial charge in [0.05, 0.1) is 0 Å². The molecule has 0 radical (unpaired) electrons. The summed E-state index contributed by atoms with van der Waals surface area (Å²) in [5.74, 6) is -0.233. The summed E-state index contributed by atoms with van der Waals surface area (Å²) < 4.78 is 14.1. The van der Waals surface area contributed by atoms with E-state index in [4.69, 9.17) is 0 Å². The van der Waals surface area contributed by atoms with Crippen LogP contribution in [0, 0.1) is 12.7 Å². The average molecular weight is 369 g/mol. The second-order valence-electron chi connectivity index (χ2n) is 7.84. The predicted molar refractivity (Wildman–Crippen MR) is 108 cm³/mol. The SMILES string of the molecule is Cc1cccc(N2CCN(C(=O)NCC(C)(C)c3ccccc3F)CC2)c1. The third-order valence-electron chi connectivity index (χ3n) is 5.22. The van der Waals surface area contributed by atoms with Crippen LogP contribution in [0.25, 0.3) is 0 Å². The lowest BCUT2D eigenvalue weighted by atomic mass is 9.84. The monoisotopic (exact) mass is 369 g/mol. The first-order chi connectivity index (χ1) is 12.9. The lowest BCUT2D eigenvalue weighted by Crippen LogP contribution is -2.53. The largest absolute Gasteiger partial charge is 0.368 e. The molecule has 144 valence electrons. The highest BCUT2D eigenvalue weighted by atomic mass is 19.1. The van der Waals surface area contributed by atoms with E-state index in [1.807, 2.05) is 24.8 Å². The zero-order chi connectivity index (χ0) is 19.4. The van der Waals surface area contributed by atoms with Gasteiger partial charge >= 0.3 is 6.03 Å². The van der Waals surface area contributed by atoms with Gasteiger partial charge < -0.3 is 15.1 Å². The summed E-state index contributed by atoms with van der Waals surface area (Å²) in [6.45, 7) is 9.36. The Kier molecular flexibility index (Phi) is 5.68.